The number of esters is 1. The van der Waals surface area contributed by atoms with Gasteiger partial charge in [-0.3, -0.25) is 4.79 Å². The van der Waals surface area contributed by atoms with Crippen LogP contribution in [0.4, 0.5) is 0 Å². The van der Waals surface area contributed by atoms with Gasteiger partial charge < -0.3 is 4.74 Å². The molecule has 0 spiro atoms. The van der Waals surface area contributed by atoms with Crippen LogP contribution in [0, 0.1) is 0 Å². The predicted molar refractivity (Wildman–Crippen MR) is 45.5 cm³/mol. The van der Waals surface area contributed by atoms with Crippen LogP contribution in [-0.4, -0.2) is 11.8 Å². The third-order valence-electron chi connectivity index (χ3n) is 1.18. The maximum absolute atomic E-state index is 10.6. The molecule has 0 saturated carbocycles. The summed E-state index contributed by atoms with van der Waals surface area (Å²) in [4.78, 5) is 10.6. The average Bonchev–Trinajstić information content (AvgIpc) is 2.00. The Morgan fingerprint density at radius 3 is 2.73 bits per heavy atom. The van der Waals surface area contributed by atoms with Gasteiger partial charge in [-0.2, -0.15) is 0 Å². The van der Waals surface area contributed by atoms with Crippen LogP contribution < -0.4 is 0 Å². The van der Waals surface area contributed by atoms with Gasteiger partial charge in [0.2, 0.25) is 0 Å². The molecule has 0 heterocycles. The molecule has 0 radical (unpaired) electrons. The molecule has 0 aromatic rings. The Bertz CT molecular complexity index is 143. The van der Waals surface area contributed by atoms with Crippen LogP contribution in [0.5, 0.6) is 0 Å². The molecule has 0 N–H and O–H groups in total. The molecular weight excluding hydrogens is 164 g/mol. The van der Waals surface area contributed by atoms with Crippen molar-refractivity contribution in [1.82, 2.24) is 0 Å². The Labute approximate surface area is 72.2 Å². The third kappa shape index (κ3) is 5.92. The summed E-state index contributed by atoms with van der Waals surface area (Å²) in [5, 5.41) is 0. The van der Waals surface area contributed by atoms with E-state index in [1.54, 1.807) is 0 Å². The largest absolute Gasteiger partial charge is 0.431 e. The lowest BCUT2D eigenvalue weighted by molar-refractivity contribution is -0.136. The zero-order chi connectivity index (χ0) is 8.69. The molecule has 0 aromatic heterocycles. The normalized spacial score (nSPS) is 9.27. The molecule has 0 rings (SSSR count). The first-order chi connectivity index (χ1) is 5.20. The van der Waals surface area contributed by atoms with Gasteiger partial charge in [0, 0.05) is 6.42 Å². The predicted octanol–water partition coefficient (Wildman–Crippen LogP) is 2.47. The molecule has 0 aliphatic rings. The number of unbranched alkanes of at least 4 members (excludes halogenated alkanes) is 1. The average molecular weight is 177 g/mol. The van der Waals surface area contributed by atoms with Crippen molar-refractivity contribution in [2.75, 3.05) is 5.88 Å². The molecule has 0 bridgehead atoms. The van der Waals surface area contributed by atoms with E-state index in [1.165, 1.54) is 0 Å². The van der Waals surface area contributed by atoms with Gasteiger partial charge in [-0.15, -0.1) is 11.6 Å². The van der Waals surface area contributed by atoms with Crippen molar-refractivity contribution < 1.29 is 9.53 Å². The number of alkyl halides is 1. The first kappa shape index (κ1) is 10.5. The fourth-order valence-corrected chi connectivity index (χ4v) is 0.668. The fourth-order valence-electron chi connectivity index (χ4n) is 0.613. The van der Waals surface area contributed by atoms with E-state index in [0.29, 0.717) is 5.76 Å². The number of carbonyl (C=O) groups excluding carboxylic acids is 1. The Balaban J connectivity index is 3.44. The van der Waals surface area contributed by atoms with Gasteiger partial charge in [0.25, 0.3) is 0 Å². The highest BCUT2D eigenvalue weighted by atomic mass is 35.5. The van der Waals surface area contributed by atoms with Crippen LogP contribution in [0.15, 0.2) is 12.3 Å². The molecule has 0 fully saturated rings. The first-order valence-corrected chi connectivity index (χ1v) is 4.18. The molecule has 11 heavy (non-hydrogen) atoms. The minimum absolute atomic E-state index is 0.106. The van der Waals surface area contributed by atoms with Crippen LogP contribution in [0.25, 0.3) is 0 Å². The molecule has 0 aromatic carbocycles. The van der Waals surface area contributed by atoms with E-state index in [9.17, 15) is 4.79 Å². The van der Waals surface area contributed by atoms with Crippen LogP contribution in [0.2, 0.25) is 0 Å². The minimum atomic E-state index is -0.423. The van der Waals surface area contributed by atoms with E-state index in [1.807, 2.05) is 0 Å². The van der Waals surface area contributed by atoms with E-state index >= 15 is 0 Å². The lowest BCUT2D eigenvalue weighted by atomic mass is 10.2. The van der Waals surface area contributed by atoms with Gasteiger partial charge in [-0.1, -0.05) is 19.9 Å². The van der Waals surface area contributed by atoms with Crippen LogP contribution >= 0.6 is 11.6 Å². The number of carbonyl (C=O) groups is 1. The molecule has 0 saturated heterocycles. The SMILES string of the molecule is C=C(CCCC)OC(=O)CCl. The first-order valence-electron chi connectivity index (χ1n) is 3.65. The number of ether oxygens (including phenoxy) is 1. The van der Waals surface area contributed by atoms with E-state index in [4.69, 9.17) is 16.3 Å². The molecule has 2 nitrogen and oxygen atoms in total. The van der Waals surface area contributed by atoms with Crippen molar-refractivity contribution >= 4 is 17.6 Å². The third-order valence-corrected chi connectivity index (χ3v) is 1.39. The smallest absolute Gasteiger partial charge is 0.325 e. The van der Waals surface area contributed by atoms with Crippen molar-refractivity contribution in [3.05, 3.63) is 12.3 Å². The van der Waals surface area contributed by atoms with E-state index < -0.39 is 5.97 Å². The van der Waals surface area contributed by atoms with Crippen molar-refractivity contribution in [3.8, 4) is 0 Å². The van der Waals surface area contributed by atoms with Crippen LogP contribution in [0.3, 0.4) is 0 Å². The van der Waals surface area contributed by atoms with E-state index in [-0.39, 0.29) is 5.88 Å². The summed E-state index contributed by atoms with van der Waals surface area (Å²) in [7, 11) is 0. The zero-order valence-electron chi connectivity index (χ0n) is 6.73. The van der Waals surface area contributed by atoms with Gasteiger partial charge in [0.05, 0.1) is 0 Å². The molecule has 0 amide bonds. The van der Waals surface area contributed by atoms with Gasteiger partial charge in [0.15, 0.2) is 0 Å². The summed E-state index contributed by atoms with van der Waals surface area (Å²) in [6.07, 6.45) is 2.80. The Morgan fingerprint density at radius 1 is 1.64 bits per heavy atom. The number of allylic oxidation sites excluding steroid dienone is 1. The van der Waals surface area contributed by atoms with Crippen LogP contribution in [-0.2, 0) is 9.53 Å². The molecule has 3 heteroatoms. The van der Waals surface area contributed by atoms with Crippen LogP contribution in [0.1, 0.15) is 26.2 Å². The van der Waals surface area contributed by atoms with Crippen molar-refractivity contribution in [2.45, 2.75) is 26.2 Å². The van der Waals surface area contributed by atoms with E-state index in [0.717, 1.165) is 19.3 Å². The lowest BCUT2D eigenvalue weighted by Gasteiger charge is -2.03. The molecular formula is C8H13ClO2. The Hall–Kier alpha value is -0.500. The number of hydrogen-bond donors (Lipinski definition) is 0. The highest BCUT2D eigenvalue weighted by molar-refractivity contribution is 6.26. The van der Waals surface area contributed by atoms with E-state index in [2.05, 4.69) is 13.5 Å². The quantitative estimate of drug-likeness (QED) is 0.366. The molecule has 0 aliphatic carbocycles. The summed E-state index contributed by atoms with van der Waals surface area (Å²) in [5.74, 6) is -0.0178. The fraction of sp³-hybridized carbons (Fsp3) is 0.625. The highest BCUT2D eigenvalue weighted by Crippen LogP contribution is 2.06. The second-order valence-corrected chi connectivity index (χ2v) is 2.52. The van der Waals surface area contributed by atoms with Gasteiger partial charge in [-0.25, -0.2) is 0 Å². The lowest BCUT2D eigenvalue weighted by Crippen LogP contribution is -2.04. The Morgan fingerprint density at radius 2 is 2.27 bits per heavy atom. The van der Waals surface area contributed by atoms with Gasteiger partial charge in [0.1, 0.15) is 11.6 Å². The standard InChI is InChI=1S/C8H13ClO2/c1-3-4-5-7(2)11-8(10)6-9/h2-6H2,1H3. The number of rotatable bonds is 5. The van der Waals surface area contributed by atoms with Gasteiger partial charge >= 0.3 is 5.97 Å². The summed E-state index contributed by atoms with van der Waals surface area (Å²) >= 11 is 5.21. The van der Waals surface area contributed by atoms with Crippen molar-refractivity contribution in [2.24, 2.45) is 0 Å². The summed E-state index contributed by atoms with van der Waals surface area (Å²) < 4.78 is 4.74. The molecule has 0 atom stereocenters. The summed E-state index contributed by atoms with van der Waals surface area (Å²) in [6, 6.07) is 0. The molecule has 0 unspecified atom stereocenters. The Kier molecular flexibility index (Phi) is 5.94. The van der Waals surface area contributed by atoms with Crippen molar-refractivity contribution in [1.29, 1.82) is 0 Å². The maximum Gasteiger partial charge on any atom is 0.325 e. The number of hydrogen-bond acceptors (Lipinski definition) is 2. The summed E-state index contributed by atoms with van der Waals surface area (Å²) in [6.45, 7) is 5.64. The molecule has 0 aliphatic heterocycles. The topological polar surface area (TPSA) is 26.3 Å². The second-order valence-electron chi connectivity index (χ2n) is 2.25. The molecule has 64 valence electrons. The second kappa shape index (κ2) is 6.23. The maximum atomic E-state index is 10.6. The zero-order valence-corrected chi connectivity index (χ0v) is 7.49. The minimum Gasteiger partial charge on any atom is -0.431 e. The van der Waals surface area contributed by atoms with Crippen molar-refractivity contribution in [3.63, 3.8) is 0 Å². The number of halogens is 1. The monoisotopic (exact) mass is 176 g/mol. The summed E-state index contributed by atoms with van der Waals surface area (Å²) in [5.41, 5.74) is 0. The highest BCUT2D eigenvalue weighted by Gasteiger charge is 2.01. The van der Waals surface area contributed by atoms with Gasteiger partial charge in [-0.05, 0) is 6.42 Å².